The van der Waals surface area contributed by atoms with Crippen LogP contribution in [0.5, 0.6) is 0 Å². The summed E-state index contributed by atoms with van der Waals surface area (Å²) in [6, 6.07) is 1.90. The molecule has 2 N–H and O–H groups in total. The molecule has 2 aliphatic heterocycles. The highest BCUT2D eigenvalue weighted by Gasteiger charge is 2.30. The standard InChI is InChI=1S/C15H19N5O2.2CH2O2/c21-15(12-2-7-22-11-12)19-6-5-18-8-13(17-14(18)10-19)9-20-4-1-3-16-20;2*2-1-3/h1,3-4,8,12H,2,5-7,9-11H2;2*1H,(H,2,3). The lowest BCUT2D eigenvalue weighted by atomic mass is 10.1. The highest BCUT2D eigenvalue weighted by Crippen LogP contribution is 2.20. The van der Waals surface area contributed by atoms with E-state index in [0.717, 1.165) is 31.0 Å². The molecule has 0 aliphatic carbocycles. The average molecular weight is 393 g/mol. The molecule has 11 heteroatoms. The maximum Gasteiger partial charge on any atom is 0.290 e. The summed E-state index contributed by atoms with van der Waals surface area (Å²) in [6.45, 7) is 3.58. The van der Waals surface area contributed by atoms with Crippen LogP contribution in [0.2, 0.25) is 0 Å². The van der Waals surface area contributed by atoms with Crippen molar-refractivity contribution in [3.63, 3.8) is 0 Å². The van der Waals surface area contributed by atoms with E-state index < -0.39 is 0 Å². The van der Waals surface area contributed by atoms with Crippen LogP contribution in [-0.4, -0.2) is 73.1 Å². The molecule has 0 radical (unpaired) electrons. The molecule has 4 rings (SSSR count). The minimum absolute atomic E-state index is 0.0325. The molecule has 0 spiro atoms. The van der Waals surface area contributed by atoms with Gasteiger partial charge in [0.2, 0.25) is 5.91 Å². The number of carbonyl (C=O) groups excluding carboxylic acids is 1. The predicted molar refractivity (Wildman–Crippen MR) is 95.3 cm³/mol. The summed E-state index contributed by atoms with van der Waals surface area (Å²) in [7, 11) is 0. The Balaban J connectivity index is 0.000000418. The topological polar surface area (TPSA) is 140 Å². The van der Waals surface area contributed by atoms with E-state index >= 15 is 0 Å². The van der Waals surface area contributed by atoms with Gasteiger partial charge in [-0.05, 0) is 12.5 Å². The molecule has 2 aromatic heterocycles. The van der Waals surface area contributed by atoms with Gasteiger partial charge in [0.15, 0.2) is 0 Å². The largest absolute Gasteiger partial charge is 0.483 e. The minimum atomic E-state index is -0.250. The number of imidazole rings is 1. The molecule has 28 heavy (non-hydrogen) atoms. The van der Waals surface area contributed by atoms with Gasteiger partial charge >= 0.3 is 0 Å². The van der Waals surface area contributed by atoms with Gasteiger partial charge < -0.3 is 24.4 Å². The number of ether oxygens (including phenoxy) is 1. The van der Waals surface area contributed by atoms with Gasteiger partial charge in [-0.3, -0.25) is 19.1 Å². The fourth-order valence-electron chi connectivity index (χ4n) is 3.12. The van der Waals surface area contributed by atoms with Gasteiger partial charge in [-0.2, -0.15) is 5.10 Å². The summed E-state index contributed by atoms with van der Waals surface area (Å²) in [5.74, 6) is 1.20. The van der Waals surface area contributed by atoms with Crippen LogP contribution in [0.1, 0.15) is 17.9 Å². The van der Waals surface area contributed by atoms with E-state index in [1.165, 1.54) is 0 Å². The van der Waals surface area contributed by atoms with Crippen LogP contribution < -0.4 is 0 Å². The number of rotatable bonds is 3. The Morgan fingerprint density at radius 3 is 2.64 bits per heavy atom. The number of fused-ring (bicyclic) bond motifs is 1. The Hall–Kier alpha value is -3.21. The zero-order chi connectivity index (χ0) is 20.4. The van der Waals surface area contributed by atoms with E-state index in [2.05, 4.69) is 20.8 Å². The van der Waals surface area contributed by atoms with Crippen LogP contribution in [0, 0.1) is 5.92 Å². The molecule has 11 nitrogen and oxygen atoms in total. The molecule has 4 heterocycles. The number of carboxylic acid groups (broad SMARTS) is 2. The van der Waals surface area contributed by atoms with Crippen LogP contribution in [0.25, 0.3) is 0 Å². The first-order valence-electron chi connectivity index (χ1n) is 8.67. The predicted octanol–water partition coefficient (Wildman–Crippen LogP) is -0.0918. The SMILES string of the molecule is O=C(C1CCOC1)N1CCn2cc(Cn3cccn3)nc2C1.O=CO.O=CO. The normalized spacial score (nSPS) is 17.4. The van der Waals surface area contributed by atoms with Crippen LogP contribution in [0.3, 0.4) is 0 Å². The summed E-state index contributed by atoms with van der Waals surface area (Å²) in [5.41, 5.74) is 0.984. The van der Waals surface area contributed by atoms with Gasteiger partial charge in [0.25, 0.3) is 12.9 Å². The summed E-state index contributed by atoms with van der Waals surface area (Å²) < 4.78 is 9.32. The number of hydrogen-bond donors (Lipinski definition) is 2. The third kappa shape index (κ3) is 5.64. The average Bonchev–Trinajstić information content (AvgIpc) is 3.43. The second-order valence-corrected chi connectivity index (χ2v) is 6.08. The quantitative estimate of drug-likeness (QED) is 0.690. The number of carbonyl (C=O) groups is 3. The highest BCUT2D eigenvalue weighted by atomic mass is 16.5. The molecule has 1 unspecified atom stereocenters. The van der Waals surface area contributed by atoms with Gasteiger partial charge in [0.05, 0.1) is 31.3 Å². The minimum Gasteiger partial charge on any atom is -0.483 e. The lowest BCUT2D eigenvalue weighted by molar-refractivity contribution is -0.137. The molecule has 1 amide bonds. The van der Waals surface area contributed by atoms with Gasteiger partial charge in [0.1, 0.15) is 5.82 Å². The Labute approximate surface area is 161 Å². The van der Waals surface area contributed by atoms with Gasteiger partial charge in [-0.1, -0.05) is 0 Å². The summed E-state index contributed by atoms with van der Waals surface area (Å²) in [4.78, 5) is 35.8. The fraction of sp³-hybridized carbons (Fsp3) is 0.471. The van der Waals surface area contributed by atoms with Gasteiger partial charge in [-0.25, -0.2) is 4.98 Å². The Kier molecular flexibility index (Phi) is 8.15. The maximum atomic E-state index is 12.5. The summed E-state index contributed by atoms with van der Waals surface area (Å²) in [6.07, 6.45) is 6.60. The molecule has 152 valence electrons. The van der Waals surface area contributed by atoms with Crippen molar-refractivity contribution < 1.29 is 29.3 Å². The number of nitrogens with zero attached hydrogens (tertiary/aromatic N) is 5. The first kappa shape index (κ1) is 21.1. The number of aromatic nitrogens is 4. The van der Waals surface area contributed by atoms with Crippen molar-refractivity contribution in [3.05, 3.63) is 36.2 Å². The van der Waals surface area contributed by atoms with E-state index in [-0.39, 0.29) is 24.8 Å². The van der Waals surface area contributed by atoms with Crippen LogP contribution >= 0.6 is 0 Å². The van der Waals surface area contributed by atoms with Crippen molar-refractivity contribution in [1.82, 2.24) is 24.2 Å². The van der Waals surface area contributed by atoms with Crippen molar-refractivity contribution in [3.8, 4) is 0 Å². The maximum absolute atomic E-state index is 12.5. The van der Waals surface area contributed by atoms with Crippen LogP contribution in [-0.2, 0) is 38.8 Å². The molecule has 1 atom stereocenters. The van der Waals surface area contributed by atoms with E-state index in [1.807, 2.05) is 21.8 Å². The molecule has 2 aromatic rings. The molecule has 1 fully saturated rings. The third-order valence-corrected chi connectivity index (χ3v) is 4.33. The molecule has 2 aliphatic rings. The molecular weight excluding hydrogens is 370 g/mol. The van der Waals surface area contributed by atoms with Crippen molar-refractivity contribution in [2.24, 2.45) is 5.92 Å². The summed E-state index contributed by atoms with van der Waals surface area (Å²) >= 11 is 0. The van der Waals surface area contributed by atoms with Crippen molar-refractivity contribution in [2.45, 2.75) is 26.1 Å². The van der Waals surface area contributed by atoms with Gasteiger partial charge in [0, 0.05) is 38.3 Å². The molecule has 0 saturated carbocycles. The monoisotopic (exact) mass is 393 g/mol. The first-order chi connectivity index (χ1) is 13.6. The zero-order valence-electron chi connectivity index (χ0n) is 15.3. The van der Waals surface area contributed by atoms with Crippen LogP contribution in [0.15, 0.2) is 24.7 Å². The van der Waals surface area contributed by atoms with Gasteiger partial charge in [-0.15, -0.1) is 0 Å². The second kappa shape index (κ2) is 10.8. The van der Waals surface area contributed by atoms with E-state index in [1.54, 1.807) is 6.20 Å². The first-order valence-corrected chi connectivity index (χ1v) is 8.67. The third-order valence-electron chi connectivity index (χ3n) is 4.33. The van der Waals surface area contributed by atoms with E-state index in [4.69, 9.17) is 24.5 Å². The Morgan fingerprint density at radius 2 is 2.04 bits per heavy atom. The number of amides is 1. The van der Waals surface area contributed by atoms with Crippen molar-refractivity contribution in [1.29, 1.82) is 0 Å². The summed E-state index contributed by atoms with van der Waals surface area (Å²) in [5, 5.41) is 18.0. The molecule has 1 saturated heterocycles. The van der Waals surface area contributed by atoms with Crippen molar-refractivity contribution >= 4 is 18.9 Å². The smallest absolute Gasteiger partial charge is 0.290 e. The molecular formula is C17H23N5O6. The lowest BCUT2D eigenvalue weighted by Crippen LogP contribution is -2.41. The Morgan fingerprint density at radius 1 is 1.29 bits per heavy atom. The zero-order valence-corrected chi connectivity index (χ0v) is 15.3. The Bertz CT molecular complexity index is 748. The highest BCUT2D eigenvalue weighted by molar-refractivity contribution is 5.79. The molecule has 0 aromatic carbocycles. The fourth-order valence-corrected chi connectivity index (χ4v) is 3.12. The van der Waals surface area contributed by atoms with Crippen LogP contribution in [0.4, 0.5) is 0 Å². The lowest BCUT2D eigenvalue weighted by Gasteiger charge is -2.29. The number of hydrogen-bond acceptors (Lipinski definition) is 6. The van der Waals surface area contributed by atoms with Crippen molar-refractivity contribution in [2.75, 3.05) is 19.8 Å². The second-order valence-electron chi connectivity index (χ2n) is 6.08. The van der Waals surface area contributed by atoms with E-state index in [9.17, 15) is 4.79 Å². The molecule has 0 bridgehead atoms. The van der Waals surface area contributed by atoms with E-state index in [0.29, 0.717) is 26.3 Å².